The molecule has 9 nitrogen and oxygen atoms in total. The van der Waals surface area contributed by atoms with Gasteiger partial charge >= 0.3 is 0 Å². The van der Waals surface area contributed by atoms with Gasteiger partial charge in [0.15, 0.2) is 5.13 Å². The van der Waals surface area contributed by atoms with E-state index in [1.54, 1.807) is 51.5 Å². The topological polar surface area (TPSA) is 97.4 Å². The van der Waals surface area contributed by atoms with Gasteiger partial charge in [-0.1, -0.05) is 0 Å². The predicted octanol–water partition coefficient (Wildman–Crippen LogP) is 2.20. The third-order valence-corrected chi connectivity index (χ3v) is 5.29. The number of aromatic nitrogens is 3. The van der Waals surface area contributed by atoms with E-state index in [2.05, 4.69) is 14.9 Å². The SMILES string of the molecule is O=C(c1ccc(-n2ccnc2)c([N+](=O)[O-])c1)N1CCN(c2nccs2)CC1. The molecule has 0 spiro atoms. The Kier molecular flexibility index (Phi) is 4.55. The molecule has 0 unspecified atom stereocenters. The van der Waals surface area contributed by atoms with E-state index in [4.69, 9.17) is 0 Å². The minimum Gasteiger partial charge on any atom is -0.345 e. The van der Waals surface area contributed by atoms with E-state index >= 15 is 0 Å². The molecule has 138 valence electrons. The average molecular weight is 384 g/mol. The van der Waals surface area contributed by atoms with Gasteiger partial charge in [0.2, 0.25) is 0 Å². The van der Waals surface area contributed by atoms with Gasteiger partial charge in [-0.3, -0.25) is 14.9 Å². The van der Waals surface area contributed by atoms with Crippen molar-refractivity contribution >= 4 is 28.1 Å². The molecule has 0 saturated carbocycles. The lowest BCUT2D eigenvalue weighted by Gasteiger charge is -2.34. The summed E-state index contributed by atoms with van der Waals surface area (Å²) < 4.78 is 1.55. The number of imidazole rings is 1. The van der Waals surface area contributed by atoms with Gasteiger partial charge < -0.3 is 14.4 Å². The van der Waals surface area contributed by atoms with Crippen LogP contribution in [0.1, 0.15) is 10.4 Å². The summed E-state index contributed by atoms with van der Waals surface area (Å²) in [6, 6.07) is 4.54. The van der Waals surface area contributed by atoms with E-state index < -0.39 is 4.92 Å². The molecule has 1 aliphatic heterocycles. The minimum absolute atomic E-state index is 0.125. The van der Waals surface area contributed by atoms with E-state index in [-0.39, 0.29) is 11.6 Å². The second kappa shape index (κ2) is 7.16. The molecule has 1 aliphatic rings. The van der Waals surface area contributed by atoms with Crippen LogP contribution in [-0.2, 0) is 0 Å². The van der Waals surface area contributed by atoms with Gasteiger partial charge in [-0.05, 0) is 12.1 Å². The lowest BCUT2D eigenvalue weighted by molar-refractivity contribution is -0.384. The van der Waals surface area contributed by atoms with Crippen LogP contribution in [0.3, 0.4) is 0 Å². The molecule has 4 rings (SSSR count). The van der Waals surface area contributed by atoms with E-state index in [1.165, 1.54) is 12.4 Å². The molecule has 1 aromatic carbocycles. The summed E-state index contributed by atoms with van der Waals surface area (Å²) in [6.07, 6.45) is 6.42. The van der Waals surface area contributed by atoms with Crippen LogP contribution < -0.4 is 4.90 Å². The van der Waals surface area contributed by atoms with Crippen molar-refractivity contribution in [1.82, 2.24) is 19.4 Å². The Labute approximate surface area is 158 Å². The zero-order chi connectivity index (χ0) is 18.8. The molecular formula is C17H16N6O3S. The van der Waals surface area contributed by atoms with E-state index in [0.29, 0.717) is 37.4 Å². The number of rotatable bonds is 4. The number of nitro benzene ring substituents is 1. The molecule has 1 fully saturated rings. The summed E-state index contributed by atoms with van der Waals surface area (Å²) >= 11 is 1.57. The van der Waals surface area contributed by atoms with Gasteiger partial charge in [-0.15, -0.1) is 11.3 Å². The monoisotopic (exact) mass is 384 g/mol. The second-order valence-corrected chi connectivity index (χ2v) is 6.90. The summed E-state index contributed by atoms with van der Waals surface area (Å²) in [6.45, 7) is 2.48. The zero-order valence-electron chi connectivity index (χ0n) is 14.3. The number of hydrogen-bond acceptors (Lipinski definition) is 7. The fraction of sp³-hybridized carbons (Fsp3) is 0.235. The highest BCUT2D eigenvalue weighted by molar-refractivity contribution is 7.13. The highest BCUT2D eigenvalue weighted by Gasteiger charge is 2.25. The number of carbonyl (C=O) groups excluding carboxylic acids is 1. The Morgan fingerprint density at radius 2 is 2.00 bits per heavy atom. The molecule has 0 N–H and O–H groups in total. The molecule has 0 bridgehead atoms. The zero-order valence-corrected chi connectivity index (χ0v) is 15.1. The number of nitro groups is 1. The summed E-state index contributed by atoms with van der Waals surface area (Å²) in [5.41, 5.74) is 0.566. The molecule has 1 amide bonds. The summed E-state index contributed by atoms with van der Waals surface area (Å²) in [5, 5.41) is 14.3. The minimum atomic E-state index is -0.480. The fourth-order valence-corrected chi connectivity index (χ4v) is 3.77. The molecule has 3 heterocycles. The Morgan fingerprint density at radius 3 is 2.63 bits per heavy atom. The number of carbonyl (C=O) groups is 1. The van der Waals surface area contributed by atoms with Crippen molar-refractivity contribution in [3.05, 3.63) is 64.2 Å². The molecule has 1 saturated heterocycles. The number of nitrogens with zero attached hydrogens (tertiary/aromatic N) is 6. The molecule has 2 aromatic heterocycles. The maximum absolute atomic E-state index is 12.8. The van der Waals surface area contributed by atoms with E-state index in [9.17, 15) is 14.9 Å². The van der Waals surface area contributed by atoms with Gasteiger partial charge in [0.05, 0.1) is 11.3 Å². The lowest BCUT2D eigenvalue weighted by Crippen LogP contribution is -2.48. The van der Waals surface area contributed by atoms with Crippen LogP contribution in [0.5, 0.6) is 0 Å². The largest absolute Gasteiger partial charge is 0.345 e. The van der Waals surface area contributed by atoms with Crippen LogP contribution in [0.4, 0.5) is 10.8 Å². The predicted molar refractivity (Wildman–Crippen MR) is 100 cm³/mol. The number of hydrogen-bond donors (Lipinski definition) is 0. The van der Waals surface area contributed by atoms with Gasteiger partial charge in [-0.25, -0.2) is 9.97 Å². The van der Waals surface area contributed by atoms with Crippen molar-refractivity contribution in [1.29, 1.82) is 0 Å². The van der Waals surface area contributed by atoms with Gasteiger partial charge in [0.1, 0.15) is 5.69 Å². The molecule has 0 atom stereocenters. The van der Waals surface area contributed by atoms with Gasteiger partial charge in [-0.2, -0.15) is 0 Å². The molecule has 3 aromatic rings. The first-order chi connectivity index (χ1) is 13.1. The first-order valence-corrected chi connectivity index (χ1v) is 9.22. The summed E-state index contributed by atoms with van der Waals surface area (Å²) in [4.78, 5) is 35.9. The van der Waals surface area contributed by atoms with Crippen molar-refractivity contribution in [3.8, 4) is 5.69 Å². The van der Waals surface area contributed by atoms with Crippen LogP contribution in [0, 0.1) is 10.1 Å². The number of piperazine rings is 1. The van der Waals surface area contributed by atoms with Crippen LogP contribution in [0.2, 0.25) is 0 Å². The smallest absolute Gasteiger partial charge is 0.294 e. The van der Waals surface area contributed by atoms with Gasteiger partial charge in [0, 0.05) is 61.8 Å². The highest BCUT2D eigenvalue weighted by Crippen LogP contribution is 2.25. The highest BCUT2D eigenvalue weighted by atomic mass is 32.1. The Bertz CT molecular complexity index is 949. The van der Waals surface area contributed by atoms with Crippen molar-refractivity contribution in [2.45, 2.75) is 0 Å². The van der Waals surface area contributed by atoms with Gasteiger partial charge in [0.25, 0.3) is 11.6 Å². The number of anilines is 1. The fourth-order valence-electron chi connectivity index (χ4n) is 3.08. The second-order valence-electron chi connectivity index (χ2n) is 6.02. The Hall–Kier alpha value is -3.27. The van der Waals surface area contributed by atoms with Crippen molar-refractivity contribution < 1.29 is 9.72 Å². The molecule has 27 heavy (non-hydrogen) atoms. The standard InChI is InChI=1S/C17H16N6O3S/c24-16(20-6-8-21(9-7-20)17-19-4-10-27-17)13-1-2-14(15(11-13)23(25)26)22-5-3-18-12-22/h1-5,10-12H,6-9H2. The first-order valence-electron chi connectivity index (χ1n) is 8.34. The molecule has 10 heteroatoms. The van der Waals surface area contributed by atoms with Crippen LogP contribution in [0.15, 0.2) is 48.5 Å². The van der Waals surface area contributed by atoms with E-state index in [0.717, 1.165) is 5.13 Å². The van der Waals surface area contributed by atoms with Crippen LogP contribution in [0.25, 0.3) is 5.69 Å². The van der Waals surface area contributed by atoms with Crippen molar-refractivity contribution in [2.75, 3.05) is 31.1 Å². The number of thiazole rings is 1. The lowest BCUT2D eigenvalue weighted by atomic mass is 10.1. The normalized spacial score (nSPS) is 14.4. The maximum atomic E-state index is 12.8. The Balaban J connectivity index is 1.52. The van der Waals surface area contributed by atoms with E-state index in [1.807, 2.05) is 5.38 Å². The van der Waals surface area contributed by atoms with Crippen molar-refractivity contribution in [2.24, 2.45) is 0 Å². The summed E-state index contributed by atoms with van der Waals surface area (Å²) in [5.74, 6) is -0.200. The van der Waals surface area contributed by atoms with Crippen LogP contribution in [-0.4, -0.2) is 56.4 Å². The van der Waals surface area contributed by atoms with Crippen LogP contribution >= 0.6 is 11.3 Å². The number of amides is 1. The third kappa shape index (κ3) is 3.38. The Morgan fingerprint density at radius 1 is 1.19 bits per heavy atom. The quantitative estimate of drug-likeness (QED) is 0.505. The molecule has 0 aliphatic carbocycles. The average Bonchev–Trinajstić information content (AvgIpc) is 3.41. The first kappa shape index (κ1) is 17.2. The third-order valence-electron chi connectivity index (χ3n) is 4.46. The maximum Gasteiger partial charge on any atom is 0.294 e. The molecule has 0 radical (unpaired) electrons. The number of benzene rings is 1. The molecular weight excluding hydrogens is 368 g/mol. The summed E-state index contributed by atoms with van der Waals surface area (Å²) in [7, 11) is 0. The van der Waals surface area contributed by atoms with Crippen molar-refractivity contribution in [3.63, 3.8) is 0 Å².